The molecule has 2 aromatic heterocycles. The van der Waals surface area contributed by atoms with E-state index in [0.29, 0.717) is 23.0 Å². The number of hydrogen-bond donors (Lipinski definition) is 0. The van der Waals surface area contributed by atoms with Gasteiger partial charge in [-0.2, -0.15) is 0 Å². The fourth-order valence-electron chi connectivity index (χ4n) is 2.05. The molecule has 0 aromatic carbocycles. The van der Waals surface area contributed by atoms with Gasteiger partial charge < -0.3 is 8.83 Å². The van der Waals surface area contributed by atoms with Crippen molar-refractivity contribution in [2.75, 3.05) is 19.6 Å². The minimum absolute atomic E-state index is 0.180. The van der Waals surface area contributed by atoms with Crippen LogP contribution in [-0.2, 0) is 19.3 Å². The average molecular weight is 426 g/mol. The molecule has 0 radical (unpaired) electrons. The quantitative estimate of drug-likeness (QED) is 0.379. The summed E-state index contributed by atoms with van der Waals surface area (Å²) in [5.41, 5.74) is 0. The zero-order chi connectivity index (χ0) is 22.5. The van der Waals surface area contributed by atoms with Gasteiger partial charge in [0.2, 0.25) is 25.8 Å². The van der Waals surface area contributed by atoms with E-state index in [9.17, 15) is 40.5 Å². The van der Waals surface area contributed by atoms with E-state index in [4.69, 9.17) is 8.83 Å². The Bertz CT molecular complexity index is 869. The molecule has 0 aliphatic heterocycles. The zero-order valence-electron chi connectivity index (χ0n) is 15.6. The largest absolute Gasteiger partial charge is 0.466 e. The normalized spacial score (nSPS) is 10.4. The molecule has 2 heterocycles. The van der Waals surface area contributed by atoms with Gasteiger partial charge in [0.05, 0.1) is 30.3 Å². The monoisotopic (exact) mass is 426 g/mol. The Hall–Kier alpha value is -4.10. The van der Waals surface area contributed by atoms with Crippen LogP contribution in [-0.4, -0.2) is 39.3 Å². The van der Waals surface area contributed by atoms with Gasteiger partial charge >= 0.3 is 0 Å². The first-order valence-corrected chi connectivity index (χ1v) is 8.49. The van der Waals surface area contributed by atoms with Crippen molar-refractivity contribution in [1.29, 1.82) is 0 Å². The minimum Gasteiger partial charge on any atom is -0.466 e. The van der Waals surface area contributed by atoms with E-state index < -0.39 is 19.7 Å². The van der Waals surface area contributed by atoms with Crippen LogP contribution in [0.3, 0.4) is 0 Å². The van der Waals surface area contributed by atoms with Crippen molar-refractivity contribution in [3.63, 3.8) is 0 Å². The fraction of sp³-hybridized carbons (Fsp3) is 0.375. The molecular weight excluding hydrogens is 408 g/mol. The van der Waals surface area contributed by atoms with Crippen molar-refractivity contribution in [3.05, 3.63) is 94.0 Å². The van der Waals surface area contributed by atoms with E-state index in [1.165, 1.54) is 12.1 Å². The molecule has 162 valence electrons. The third-order valence-electron chi connectivity index (χ3n) is 3.38. The molecule has 0 unspecified atom stereocenters. The van der Waals surface area contributed by atoms with Crippen LogP contribution in [0.2, 0.25) is 0 Å². The highest BCUT2D eigenvalue weighted by molar-refractivity contribution is 5.41. The molecule has 0 saturated carbocycles. The maximum absolute atomic E-state index is 10.1. The summed E-state index contributed by atoms with van der Waals surface area (Å²) in [6, 6.07) is 6.30. The highest BCUT2D eigenvalue weighted by Gasteiger charge is 2.08. The molecule has 0 aliphatic carbocycles. The summed E-state index contributed by atoms with van der Waals surface area (Å²) in [6.45, 7) is -0.601. The predicted molar refractivity (Wildman–Crippen MR) is 100 cm³/mol. The first kappa shape index (κ1) is 23.9. The molecule has 0 amide bonds. The summed E-state index contributed by atoms with van der Waals surface area (Å²) < 4.78 is 10.3. The van der Waals surface area contributed by atoms with Gasteiger partial charge in [0.25, 0.3) is 0 Å². The smallest absolute Gasteiger partial charge is 0.238 e. The molecule has 0 aliphatic rings. The lowest BCUT2D eigenvalue weighted by Crippen LogP contribution is -2.04. The molecule has 0 saturated heterocycles. The Kier molecular flexibility index (Phi) is 9.88. The lowest BCUT2D eigenvalue weighted by molar-refractivity contribution is -0.479. The highest BCUT2D eigenvalue weighted by atomic mass is 16.6. The standard InChI is InChI=1S/C8H10N2O5.C8H8N2O5/c2*11-9(12)5-3-7-1-2-8(15-7)4-6-10(13)14/h1-2H,3-6H2;1-3,5H,4,6H2/b;5-3+. The molecule has 0 bridgehead atoms. The minimum atomic E-state index is -0.612. The maximum Gasteiger partial charge on any atom is 0.238 e. The van der Waals surface area contributed by atoms with Gasteiger partial charge in [0, 0.05) is 14.8 Å². The predicted octanol–water partition coefficient (Wildman–Crippen LogP) is 2.26. The second kappa shape index (κ2) is 12.4. The summed E-state index contributed by atoms with van der Waals surface area (Å²) in [5.74, 6) is 1.73. The van der Waals surface area contributed by atoms with Crippen LogP contribution in [0.4, 0.5) is 0 Å². The van der Waals surface area contributed by atoms with E-state index in [-0.39, 0.29) is 38.9 Å². The molecule has 0 spiro atoms. The second-order valence-corrected chi connectivity index (χ2v) is 5.69. The van der Waals surface area contributed by atoms with Crippen molar-refractivity contribution in [1.82, 2.24) is 0 Å². The lowest BCUT2D eigenvalue weighted by atomic mass is 10.3. The Balaban J connectivity index is 0.000000300. The number of nitro groups is 4. The van der Waals surface area contributed by atoms with Gasteiger partial charge in [0.15, 0.2) is 0 Å². The Morgan fingerprint density at radius 3 is 1.47 bits per heavy atom. The first-order chi connectivity index (χ1) is 14.2. The Morgan fingerprint density at radius 2 is 1.07 bits per heavy atom. The van der Waals surface area contributed by atoms with Crippen molar-refractivity contribution < 1.29 is 28.5 Å². The molecule has 0 atom stereocenters. The molecule has 0 fully saturated rings. The van der Waals surface area contributed by atoms with Crippen molar-refractivity contribution in [2.24, 2.45) is 0 Å². The van der Waals surface area contributed by atoms with Gasteiger partial charge in [-0.25, -0.2) is 0 Å². The van der Waals surface area contributed by atoms with Gasteiger partial charge in [0.1, 0.15) is 23.0 Å². The molecule has 2 aromatic rings. The molecular formula is C16H18N4O10. The summed E-state index contributed by atoms with van der Waals surface area (Å²) in [5, 5.41) is 40.2. The maximum atomic E-state index is 10.1. The Morgan fingerprint density at radius 1 is 0.667 bits per heavy atom. The van der Waals surface area contributed by atoms with Crippen molar-refractivity contribution >= 4 is 6.08 Å². The average Bonchev–Trinajstić information content (AvgIpc) is 3.31. The van der Waals surface area contributed by atoms with E-state index in [1.54, 1.807) is 18.2 Å². The Labute approximate surface area is 168 Å². The number of furan rings is 2. The number of nitrogens with zero attached hydrogens (tertiary/aromatic N) is 4. The molecule has 14 nitrogen and oxygen atoms in total. The van der Waals surface area contributed by atoms with Crippen LogP contribution in [0, 0.1) is 40.5 Å². The SMILES string of the molecule is O=[N+]([O-])/C=C/c1ccc(CC[N+](=O)[O-])o1.O=[N+]([O-])CCc1ccc(CC[N+](=O)[O-])o1. The van der Waals surface area contributed by atoms with Crippen molar-refractivity contribution in [2.45, 2.75) is 19.3 Å². The summed E-state index contributed by atoms with van der Waals surface area (Å²) in [6.07, 6.45) is 2.54. The van der Waals surface area contributed by atoms with E-state index >= 15 is 0 Å². The van der Waals surface area contributed by atoms with Crippen LogP contribution >= 0.6 is 0 Å². The number of rotatable bonds is 11. The molecule has 0 N–H and O–H groups in total. The van der Waals surface area contributed by atoms with E-state index in [2.05, 4.69) is 0 Å². The van der Waals surface area contributed by atoms with Crippen LogP contribution in [0.1, 0.15) is 23.0 Å². The van der Waals surface area contributed by atoms with Crippen LogP contribution < -0.4 is 0 Å². The molecule has 14 heteroatoms. The topological polar surface area (TPSA) is 199 Å². The van der Waals surface area contributed by atoms with Crippen LogP contribution in [0.15, 0.2) is 39.3 Å². The highest BCUT2D eigenvalue weighted by Crippen LogP contribution is 2.10. The fourth-order valence-corrected chi connectivity index (χ4v) is 2.05. The second-order valence-electron chi connectivity index (χ2n) is 5.69. The summed E-state index contributed by atoms with van der Waals surface area (Å²) >= 11 is 0. The van der Waals surface area contributed by atoms with Crippen LogP contribution in [0.25, 0.3) is 6.08 Å². The number of hydrogen-bond acceptors (Lipinski definition) is 10. The summed E-state index contributed by atoms with van der Waals surface area (Å²) in [4.78, 5) is 38.3. The van der Waals surface area contributed by atoms with Crippen LogP contribution in [0.5, 0.6) is 0 Å². The van der Waals surface area contributed by atoms with E-state index in [1.807, 2.05) is 0 Å². The molecule has 2 rings (SSSR count). The van der Waals surface area contributed by atoms with Gasteiger partial charge in [-0.3, -0.25) is 40.5 Å². The third kappa shape index (κ3) is 10.9. The summed E-state index contributed by atoms with van der Waals surface area (Å²) in [7, 11) is 0. The van der Waals surface area contributed by atoms with Gasteiger partial charge in [-0.15, -0.1) is 0 Å². The van der Waals surface area contributed by atoms with Crippen molar-refractivity contribution in [3.8, 4) is 0 Å². The lowest BCUT2D eigenvalue weighted by Gasteiger charge is -1.92. The van der Waals surface area contributed by atoms with Gasteiger partial charge in [-0.1, -0.05) is 0 Å². The third-order valence-corrected chi connectivity index (χ3v) is 3.38. The van der Waals surface area contributed by atoms with Gasteiger partial charge in [-0.05, 0) is 24.3 Å². The first-order valence-electron chi connectivity index (χ1n) is 8.49. The zero-order valence-corrected chi connectivity index (χ0v) is 15.6. The van der Waals surface area contributed by atoms with E-state index in [0.717, 1.165) is 6.20 Å². The molecule has 30 heavy (non-hydrogen) atoms.